The Balaban J connectivity index is 1.73. The number of aromatic nitrogens is 3. The molecule has 7 nitrogen and oxygen atoms in total. The summed E-state index contributed by atoms with van der Waals surface area (Å²) in [5.74, 6) is 0.971. The molecule has 2 aromatic heterocycles. The average Bonchev–Trinajstić information content (AvgIpc) is 3.08. The van der Waals surface area contributed by atoms with Crippen LogP contribution < -0.4 is 10.6 Å². The summed E-state index contributed by atoms with van der Waals surface area (Å²) < 4.78 is 2.06. The van der Waals surface area contributed by atoms with Crippen LogP contribution in [0.5, 0.6) is 0 Å². The summed E-state index contributed by atoms with van der Waals surface area (Å²) in [6.45, 7) is 5.05. The molecule has 1 aliphatic rings. The molecule has 0 aliphatic carbocycles. The highest BCUT2D eigenvalue weighted by Gasteiger charge is 2.27. The van der Waals surface area contributed by atoms with Crippen LogP contribution in [0.4, 0.5) is 5.13 Å². The molecule has 0 radical (unpaired) electrons. The zero-order valence-electron chi connectivity index (χ0n) is 12.7. The number of anilines is 1. The third-order valence-corrected chi connectivity index (χ3v) is 4.52. The number of aryl methyl sites for hydroxylation is 1. The third-order valence-electron chi connectivity index (χ3n) is 3.71. The van der Waals surface area contributed by atoms with E-state index in [9.17, 15) is 4.79 Å². The molecule has 118 valence electrons. The summed E-state index contributed by atoms with van der Waals surface area (Å²) in [6.07, 6.45) is 3.81. The Labute approximate surface area is 133 Å². The van der Waals surface area contributed by atoms with Crippen molar-refractivity contribution in [1.29, 1.82) is 0 Å². The first-order chi connectivity index (χ1) is 10.6. The summed E-state index contributed by atoms with van der Waals surface area (Å²) >= 11 is 1.46. The van der Waals surface area contributed by atoms with Gasteiger partial charge in [-0.25, -0.2) is 9.97 Å². The molecule has 2 N–H and O–H groups in total. The minimum atomic E-state index is -0.0889. The number of imidazole rings is 1. The number of thiazole rings is 1. The zero-order valence-corrected chi connectivity index (χ0v) is 13.6. The maximum Gasteiger partial charge on any atom is 0.223 e. The van der Waals surface area contributed by atoms with Gasteiger partial charge in [-0.05, 0) is 0 Å². The topological polar surface area (TPSA) is 75.1 Å². The molecule has 1 atom stereocenters. The van der Waals surface area contributed by atoms with E-state index in [0.29, 0.717) is 5.13 Å². The standard InChI is InChI=1S/C14H20N6OS/c1-10(21)17-14-18-11(9-22-14)8-20-6-3-15-7-12(20)13-16-4-5-19(13)2/h4-5,9,12,15H,3,6-8H2,1-2H3,(H,17,18,21). The molecular weight excluding hydrogens is 300 g/mol. The number of piperazine rings is 1. The van der Waals surface area contributed by atoms with Crippen molar-refractivity contribution in [3.05, 3.63) is 29.3 Å². The Morgan fingerprint density at radius 1 is 1.59 bits per heavy atom. The quantitative estimate of drug-likeness (QED) is 0.878. The molecule has 1 aliphatic heterocycles. The van der Waals surface area contributed by atoms with Crippen LogP contribution >= 0.6 is 11.3 Å². The normalized spacial score (nSPS) is 19.3. The molecule has 1 amide bonds. The maximum absolute atomic E-state index is 11.1. The van der Waals surface area contributed by atoms with Gasteiger partial charge in [0.05, 0.1) is 11.7 Å². The Morgan fingerprint density at radius 2 is 2.45 bits per heavy atom. The van der Waals surface area contributed by atoms with Gasteiger partial charge in [-0.2, -0.15) is 0 Å². The predicted molar refractivity (Wildman–Crippen MR) is 85.6 cm³/mol. The lowest BCUT2D eigenvalue weighted by Gasteiger charge is -2.35. The molecule has 0 saturated carbocycles. The van der Waals surface area contributed by atoms with Gasteiger partial charge in [0.25, 0.3) is 0 Å². The number of amides is 1. The molecule has 3 rings (SSSR count). The predicted octanol–water partition coefficient (Wildman–Crippen LogP) is 0.981. The molecule has 1 unspecified atom stereocenters. The molecule has 8 heteroatoms. The lowest BCUT2D eigenvalue weighted by Crippen LogP contribution is -2.46. The van der Waals surface area contributed by atoms with Crippen molar-refractivity contribution in [3.8, 4) is 0 Å². The van der Waals surface area contributed by atoms with E-state index < -0.39 is 0 Å². The van der Waals surface area contributed by atoms with Gasteiger partial charge >= 0.3 is 0 Å². The van der Waals surface area contributed by atoms with E-state index in [1.165, 1.54) is 18.3 Å². The van der Waals surface area contributed by atoms with Gasteiger partial charge in [-0.15, -0.1) is 11.3 Å². The fourth-order valence-electron chi connectivity index (χ4n) is 2.68. The van der Waals surface area contributed by atoms with E-state index >= 15 is 0 Å². The van der Waals surface area contributed by atoms with Crippen LogP contribution in [0.1, 0.15) is 24.5 Å². The Kier molecular flexibility index (Phi) is 4.51. The van der Waals surface area contributed by atoms with Crippen molar-refractivity contribution >= 4 is 22.4 Å². The van der Waals surface area contributed by atoms with E-state index in [2.05, 4.69) is 30.1 Å². The van der Waals surface area contributed by atoms with E-state index in [4.69, 9.17) is 0 Å². The highest BCUT2D eigenvalue weighted by Crippen LogP contribution is 2.24. The minimum Gasteiger partial charge on any atom is -0.337 e. The molecule has 2 aromatic rings. The zero-order chi connectivity index (χ0) is 15.5. The number of hydrogen-bond acceptors (Lipinski definition) is 6. The summed E-state index contributed by atoms with van der Waals surface area (Å²) in [5.41, 5.74) is 0.981. The first-order valence-corrected chi connectivity index (χ1v) is 8.15. The fraction of sp³-hybridized carbons (Fsp3) is 0.500. The van der Waals surface area contributed by atoms with Crippen molar-refractivity contribution in [3.63, 3.8) is 0 Å². The summed E-state index contributed by atoms with van der Waals surface area (Å²) in [4.78, 5) is 22.4. The van der Waals surface area contributed by atoms with Gasteiger partial charge in [0.2, 0.25) is 5.91 Å². The van der Waals surface area contributed by atoms with Crippen LogP contribution in [0, 0.1) is 0 Å². The van der Waals surface area contributed by atoms with Crippen molar-refractivity contribution in [2.75, 3.05) is 25.0 Å². The van der Waals surface area contributed by atoms with Crippen LogP contribution in [0.2, 0.25) is 0 Å². The molecule has 1 saturated heterocycles. The van der Waals surface area contributed by atoms with Crippen molar-refractivity contribution in [2.24, 2.45) is 7.05 Å². The largest absolute Gasteiger partial charge is 0.337 e. The van der Waals surface area contributed by atoms with E-state index in [1.807, 2.05) is 24.8 Å². The second kappa shape index (κ2) is 6.55. The summed E-state index contributed by atoms with van der Waals surface area (Å²) in [5, 5.41) is 8.82. The van der Waals surface area contributed by atoms with E-state index in [0.717, 1.165) is 37.7 Å². The fourth-order valence-corrected chi connectivity index (χ4v) is 3.43. The van der Waals surface area contributed by atoms with E-state index in [-0.39, 0.29) is 11.9 Å². The van der Waals surface area contributed by atoms with Gasteiger partial charge in [-0.3, -0.25) is 9.69 Å². The number of carbonyl (C=O) groups is 1. The number of nitrogens with one attached hydrogen (secondary N) is 2. The maximum atomic E-state index is 11.1. The average molecular weight is 320 g/mol. The summed E-state index contributed by atoms with van der Waals surface area (Å²) in [6, 6.07) is 0.236. The van der Waals surface area contributed by atoms with Crippen LogP contribution in [0.15, 0.2) is 17.8 Å². The lowest BCUT2D eigenvalue weighted by atomic mass is 10.1. The molecule has 0 bridgehead atoms. The lowest BCUT2D eigenvalue weighted by molar-refractivity contribution is -0.114. The number of nitrogens with zero attached hydrogens (tertiary/aromatic N) is 4. The van der Waals surface area contributed by atoms with Gasteiger partial charge in [0.1, 0.15) is 5.82 Å². The second-order valence-electron chi connectivity index (χ2n) is 5.41. The van der Waals surface area contributed by atoms with Gasteiger partial charge in [-0.1, -0.05) is 0 Å². The molecule has 0 spiro atoms. The Bertz CT molecular complexity index is 651. The Hall–Kier alpha value is -1.77. The summed E-state index contributed by atoms with van der Waals surface area (Å²) in [7, 11) is 2.02. The highest BCUT2D eigenvalue weighted by molar-refractivity contribution is 7.13. The number of hydrogen-bond donors (Lipinski definition) is 2. The Morgan fingerprint density at radius 3 is 3.18 bits per heavy atom. The first-order valence-electron chi connectivity index (χ1n) is 7.27. The van der Waals surface area contributed by atoms with Crippen LogP contribution in [-0.4, -0.2) is 45.0 Å². The molecule has 1 fully saturated rings. The van der Waals surface area contributed by atoms with Gasteiger partial charge < -0.3 is 15.2 Å². The minimum absolute atomic E-state index is 0.0889. The highest BCUT2D eigenvalue weighted by atomic mass is 32.1. The SMILES string of the molecule is CC(=O)Nc1nc(CN2CCNCC2c2nccn2C)cs1. The molecule has 22 heavy (non-hydrogen) atoms. The van der Waals surface area contributed by atoms with Crippen molar-refractivity contribution < 1.29 is 4.79 Å². The van der Waals surface area contributed by atoms with Crippen LogP contribution in [-0.2, 0) is 18.4 Å². The first kappa shape index (κ1) is 15.1. The monoisotopic (exact) mass is 320 g/mol. The smallest absolute Gasteiger partial charge is 0.223 e. The van der Waals surface area contributed by atoms with Crippen molar-refractivity contribution in [2.45, 2.75) is 19.5 Å². The number of carbonyl (C=O) groups excluding carboxylic acids is 1. The molecule has 3 heterocycles. The van der Waals surface area contributed by atoms with Crippen molar-refractivity contribution in [1.82, 2.24) is 24.8 Å². The van der Waals surface area contributed by atoms with Gasteiger partial charge in [0, 0.05) is 57.9 Å². The van der Waals surface area contributed by atoms with Crippen LogP contribution in [0.25, 0.3) is 0 Å². The molecular formula is C14H20N6OS. The van der Waals surface area contributed by atoms with Gasteiger partial charge in [0.15, 0.2) is 5.13 Å². The third kappa shape index (κ3) is 3.34. The van der Waals surface area contributed by atoms with Crippen LogP contribution in [0.3, 0.4) is 0 Å². The number of rotatable bonds is 4. The van der Waals surface area contributed by atoms with E-state index in [1.54, 1.807) is 0 Å². The second-order valence-corrected chi connectivity index (χ2v) is 6.27. The molecule has 0 aromatic carbocycles.